The van der Waals surface area contributed by atoms with E-state index in [4.69, 9.17) is 0 Å². The molecule has 0 aliphatic heterocycles. The van der Waals surface area contributed by atoms with Crippen molar-refractivity contribution < 1.29 is 31.4 Å². The summed E-state index contributed by atoms with van der Waals surface area (Å²) in [7, 11) is 0. The SMILES string of the molecule is C=C(C)C(=O)OC(=O)CCCCCCC.[Cu]. The maximum absolute atomic E-state index is 11.1. The summed E-state index contributed by atoms with van der Waals surface area (Å²) in [5.41, 5.74) is 0.259. The van der Waals surface area contributed by atoms with Crippen LogP contribution in [-0.4, -0.2) is 11.9 Å². The maximum Gasteiger partial charge on any atom is 0.340 e. The van der Waals surface area contributed by atoms with Gasteiger partial charge in [0, 0.05) is 29.1 Å². The number of unbranched alkanes of at least 4 members (excludes halogenated alkanes) is 4. The molecule has 97 valence electrons. The number of hydrogen-bond donors (Lipinski definition) is 0. The van der Waals surface area contributed by atoms with Crippen LogP contribution in [0.25, 0.3) is 0 Å². The van der Waals surface area contributed by atoms with Crippen LogP contribution >= 0.6 is 0 Å². The molecule has 3 nitrogen and oxygen atoms in total. The van der Waals surface area contributed by atoms with Crippen LogP contribution in [0.4, 0.5) is 0 Å². The number of ether oxygens (including phenoxy) is 1. The second-order valence-electron chi connectivity index (χ2n) is 3.71. The molecule has 0 saturated heterocycles. The van der Waals surface area contributed by atoms with Crippen molar-refractivity contribution in [3.8, 4) is 0 Å². The first-order valence-electron chi connectivity index (χ1n) is 5.48. The van der Waals surface area contributed by atoms with Crippen molar-refractivity contribution in [3.05, 3.63) is 12.2 Å². The van der Waals surface area contributed by atoms with Crippen molar-refractivity contribution in [3.63, 3.8) is 0 Å². The molecular weight excluding hydrogens is 256 g/mol. The normalized spacial score (nSPS) is 9.12. The second-order valence-corrected chi connectivity index (χ2v) is 3.71. The van der Waals surface area contributed by atoms with Gasteiger partial charge in [-0.2, -0.15) is 0 Å². The summed E-state index contributed by atoms with van der Waals surface area (Å²) >= 11 is 0. The van der Waals surface area contributed by atoms with Gasteiger partial charge in [0.1, 0.15) is 0 Å². The summed E-state index contributed by atoms with van der Waals surface area (Å²) in [6.45, 7) is 7.07. The first-order valence-corrected chi connectivity index (χ1v) is 5.48. The molecule has 16 heavy (non-hydrogen) atoms. The average molecular weight is 276 g/mol. The van der Waals surface area contributed by atoms with Crippen LogP contribution < -0.4 is 0 Å². The predicted molar refractivity (Wildman–Crippen MR) is 59.3 cm³/mol. The molecule has 0 amide bonds. The van der Waals surface area contributed by atoms with E-state index in [0.717, 1.165) is 19.3 Å². The van der Waals surface area contributed by atoms with Gasteiger partial charge in [0.05, 0.1) is 0 Å². The van der Waals surface area contributed by atoms with Gasteiger partial charge in [0.2, 0.25) is 0 Å². The molecule has 0 aromatic heterocycles. The fourth-order valence-corrected chi connectivity index (χ4v) is 1.11. The maximum atomic E-state index is 11.1. The van der Waals surface area contributed by atoms with E-state index in [9.17, 15) is 9.59 Å². The number of carbonyl (C=O) groups is 2. The van der Waals surface area contributed by atoms with Crippen LogP contribution in [0.3, 0.4) is 0 Å². The summed E-state index contributed by atoms with van der Waals surface area (Å²) in [5, 5.41) is 0. The Morgan fingerprint density at radius 3 is 2.19 bits per heavy atom. The van der Waals surface area contributed by atoms with Crippen molar-refractivity contribution in [2.24, 2.45) is 0 Å². The fraction of sp³-hybridized carbons (Fsp3) is 0.667. The van der Waals surface area contributed by atoms with E-state index < -0.39 is 11.9 Å². The smallest absolute Gasteiger partial charge is 0.340 e. The number of esters is 2. The fourth-order valence-electron chi connectivity index (χ4n) is 1.11. The van der Waals surface area contributed by atoms with Crippen molar-refractivity contribution in [2.75, 3.05) is 0 Å². The summed E-state index contributed by atoms with van der Waals surface area (Å²) < 4.78 is 4.54. The van der Waals surface area contributed by atoms with E-state index in [2.05, 4.69) is 18.2 Å². The number of rotatable bonds is 7. The molecule has 0 aliphatic carbocycles. The van der Waals surface area contributed by atoms with Crippen molar-refractivity contribution in [1.82, 2.24) is 0 Å². The Labute approximate surface area is 108 Å². The van der Waals surface area contributed by atoms with E-state index in [1.807, 2.05) is 0 Å². The molecule has 4 heteroatoms. The zero-order valence-electron chi connectivity index (χ0n) is 9.98. The Morgan fingerprint density at radius 2 is 1.69 bits per heavy atom. The molecular formula is C12H20CuO3. The molecule has 0 N–H and O–H groups in total. The van der Waals surface area contributed by atoms with E-state index >= 15 is 0 Å². The zero-order chi connectivity index (χ0) is 11.7. The minimum Gasteiger partial charge on any atom is -0.390 e. The first-order chi connectivity index (χ1) is 7.07. The monoisotopic (exact) mass is 275 g/mol. The number of carbonyl (C=O) groups excluding carboxylic acids is 2. The molecule has 0 fully saturated rings. The van der Waals surface area contributed by atoms with Crippen LogP contribution in [0.1, 0.15) is 52.4 Å². The molecule has 0 aliphatic rings. The minimum absolute atomic E-state index is 0. The molecule has 0 atom stereocenters. The van der Waals surface area contributed by atoms with E-state index in [0.29, 0.717) is 6.42 Å². The Morgan fingerprint density at radius 1 is 1.12 bits per heavy atom. The van der Waals surface area contributed by atoms with Gasteiger partial charge < -0.3 is 4.74 Å². The van der Waals surface area contributed by atoms with Crippen molar-refractivity contribution in [1.29, 1.82) is 0 Å². The first kappa shape index (κ1) is 17.8. The Bertz CT molecular complexity index is 236. The average Bonchev–Trinajstić information content (AvgIpc) is 2.17. The molecule has 0 bridgehead atoms. The zero-order valence-corrected chi connectivity index (χ0v) is 10.9. The third-order valence-corrected chi connectivity index (χ3v) is 2.04. The molecule has 0 unspecified atom stereocenters. The molecule has 0 aromatic rings. The summed E-state index contributed by atoms with van der Waals surface area (Å²) in [5.74, 6) is -1.06. The third kappa shape index (κ3) is 9.94. The van der Waals surface area contributed by atoms with Crippen LogP contribution in [0.2, 0.25) is 0 Å². The van der Waals surface area contributed by atoms with Crippen LogP contribution in [0.15, 0.2) is 12.2 Å². The topological polar surface area (TPSA) is 43.4 Å². The summed E-state index contributed by atoms with van der Waals surface area (Å²) in [6.07, 6.45) is 5.64. The number of hydrogen-bond acceptors (Lipinski definition) is 3. The van der Waals surface area contributed by atoms with Gasteiger partial charge in [-0.05, 0) is 13.3 Å². The molecule has 0 spiro atoms. The second kappa shape index (κ2) is 10.9. The quantitative estimate of drug-likeness (QED) is 0.236. The van der Waals surface area contributed by atoms with E-state index in [-0.39, 0.29) is 22.6 Å². The van der Waals surface area contributed by atoms with E-state index in [1.165, 1.54) is 19.8 Å². The minimum atomic E-state index is -0.617. The van der Waals surface area contributed by atoms with Crippen LogP contribution in [0.5, 0.6) is 0 Å². The molecule has 1 radical (unpaired) electrons. The Hall–Kier alpha value is -0.601. The van der Waals surface area contributed by atoms with Crippen molar-refractivity contribution >= 4 is 11.9 Å². The van der Waals surface area contributed by atoms with Crippen LogP contribution in [0, 0.1) is 0 Å². The van der Waals surface area contributed by atoms with Gasteiger partial charge in [-0.15, -0.1) is 0 Å². The van der Waals surface area contributed by atoms with Gasteiger partial charge in [0.25, 0.3) is 0 Å². The predicted octanol–water partition coefficient (Wildman–Crippen LogP) is 2.99. The Balaban J connectivity index is 0. The van der Waals surface area contributed by atoms with Crippen molar-refractivity contribution in [2.45, 2.75) is 52.4 Å². The molecule has 0 aromatic carbocycles. The summed E-state index contributed by atoms with van der Waals surface area (Å²) in [4.78, 5) is 22.1. The van der Waals surface area contributed by atoms with Gasteiger partial charge in [-0.1, -0.05) is 39.2 Å². The molecule has 0 saturated carbocycles. The van der Waals surface area contributed by atoms with E-state index in [1.54, 1.807) is 0 Å². The van der Waals surface area contributed by atoms with Gasteiger partial charge in [-0.3, -0.25) is 4.79 Å². The van der Waals surface area contributed by atoms with Gasteiger partial charge in [0.15, 0.2) is 0 Å². The standard InChI is InChI=1S/C12H20O3.Cu/c1-4-5-6-7-8-9-11(13)15-12(14)10(2)3;/h2,4-9H2,1,3H3;. The molecule has 0 rings (SSSR count). The largest absolute Gasteiger partial charge is 0.390 e. The van der Waals surface area contributed by atoms with Gasteiger partial charge >= 0.3 is 11.9 Å². The Kier molecular flexibility index (Phi) is 12.1. The third-order valence-electron chi connectivity index (χ3n) is 2.04. The summed E-state index contributed by atoms with van der Waals surface area (Å²) in [6, 6.07) is 0. The molecule has 0 heterocycles. The van der Waals surface area contributed by atoms with Gasteiger partial charge in [-0.25, -0.2) is 4.79 Å². The van der Waals surface area contributed by atoms with Crippen LogP contribution in [-0.2, 0) is 31.4 Å².